The molecule has 0 aromatic rings. The Labute approximate surface area is 181 Å². The lowest BCUT2D eigenvalue weighted by Gasteiger charge is -2.19. The highest BCUT2D eigenvalue weighted by Crippen LogP contribution is 2.07. The van der Waals surface area contributed by atoms with Gasteiger partial charge in [-0.05, 0) is 77.3 Å². The van der Waals surface area contributed by atoms with Crippen LogP contribution in [0.5, 0.6) is 0 Å². The van der Waals surface area contributed by atoms with Crippen LogP contribution in [0.1, 0.15) is 117 Å². The lowest BCUT2D eigenvalue weighted by atomic mass is 10.1. The molecule has 0 unspecified atom stereocenters. The van der Waals surface area contributed by atoms with Crippen molar-refractivity contribution in [3.05, 3.63) is 24.3 Å². The Morgan fingerprint density at radius 2 is 1.00 bits per heavy atom. The Bertz CT molecular complexity index is 374. The topological polar surface area (TPSA) is 40.5 Å². The highest BCUT2D eigenvalue weighted by atomic mass is 16.4. The predicted octanol–water partition coefficient (Wildman–Crippen LogP) is 7.77. The van der Waals surface area contributed by atoms with Crippen molar-refractivity contribution >= 4 is 5.97 Å². The summed E-state index contributed by atoms with van der Waals surface area (Å²) in [5, 5.41) is 9.14. The summed E-state index contributed by atoms with van der Waals surface area (Å²) in [6.07, 6.45) is 29.0. The van der Waals surface area contributed by atoms with E-state index in [2.05, 4.69) is 43.1 Å². The number of unbranched alkanes of at least 4 members (excludes halogenated alkanes) is 12. The van der Waals surface area contributed by atoms with Crippen LogP contribution >= 0.6 is 0 Å². The van der Waals surface area contributed by atoms with Gasteiger partial charge in [-0.2, -0.15) is 0 Å². The molecule has 29 heavy (non-hydrogen) atoms. The summed E-state index contributed by atoms with van der Waals surface area (Å²) in [6.45, 7) is 6.49. The second kappa shape index (κ2) is 23.2. The fourth-order valence-electron chi connectivity index (χ4n) is 3.51. The number of hydrogen-bond donors (Lipinski definition) is 1. The Balaban J connectivity index is 3.72. The molecular formula is C26H49NO2. The molecule has 0 aliphatic heterocycles. The third-order valence-corrected chi connectivity index (χ3v) is 5.33. The fourth-order valence-corrected chi connectivity index (χ4v) is 3.51. The van der Waals surface area contributed by atoms with Gasteiger partial charge in [-0.1, -0.05) is 76.7 Å². The van der Waals surface area contributed by atoms with Crippen LogP contribution in [0.2, 0.25) is 0 Å². The van der Waals surface area contributed by atoms with E-state index in [0.29, 0.717) is 0 Å². The number of hydrogen-bond acceptors (Lipinski definition) is 2. The maximum Gasteiger partial charge on any atom is 0.317 e. The van der Waals surface area contributed by atoms with E-state index in [4.69, 9.17) is 5.11 Å². The summed E-state index contributed by atoms with van der Waals surface area (Å²) in [6, 6.07) is 0. The molecule has 0 rings (SSSR count). The molecule has 0 aliphatic carbocycles. The van der Waals surface area contributed by atoms with Gasteiger partial charge in [0.2, 0.25) is 0 Å². The quantitative estimate of drug-likeness (QED) is 0.147. The molecule has 0 aromatic carbocycles. The highest BCUT2D eigenvalue weighted by molar-refractivity contribution is 5.69. The predicted molar refractivity (Wildman–Crippen MR) is 128 cm³/mol. The SMILES string of the molecule is CCCCCC/C=C/CCCCN(CCCC/C=C/CCCCCC)CC(=O)O. The molecule has 0 saturated heterocycles. The van der Waals surface area contributed by atoms with E-state index in [1.165, 1.54) is 64.2 Å². The van der Waals surface area contributed by atoms with Gasteiger partial charge in [0.05, 0.1) is 6.54 Å². The van der Waals surface area contributed by atoms with E-state index in [1.54, 1.807) is 0 Å². The summed E-state index contributed by atoms with van der Waals surface area (Å²) in [5.41, 5.74) is 0. The minimum atomic E-state index is -0.705. The average Bonchev–Trinajstić information content (AvgIpc) is 2.70. The maximum absolute atomic E-state index is 11.1. The minimum Gasteiger partial charge on any atom is -0.480 e. The van der Waals surface area contributed by atoms with Gasteiger partial charge in [-0.25, -0.2) is 0 Å². The fraction of sp³-hybridized carbons (Fsp3) is 0.808. The van der Waals surface area contributed by atoms with Crippen molar-refractivity contribution in [3.63, 3.8) is 0 Å². The van der Waals surface area contributed by atoms with Gasteiger partial charge < -0.3 is 5.11 Å². The average molecular weight is 408 g/mol. The molecule has 0 atom stereocenters. The van der Waals surface area contributed by atoms with E-state index in [-0.39, 0.29) is 6.54 Å². The molecule has 0 saturated carbocycles. The van der Waals surface area contributed by atoms with Crippen molar-refractivity contribution in [2.75, 3.05) is 19.6 Å². The van der Waals surface area contributed by atoms with Crippen LogP contribution in [0.15, 0.2) is 24.3 Å². The third kappa shape index (κ3) is 23.1. The van der Waals surface area contributed by atoms with Crippen molar-refractivity contribution in [1.82, 2.24) is 4.90 Å². The molecule has 0 spiro atoms. The number of rotatable bonds is 22. The van der Waals surface area contributed by atoms with Crippen LogP contribution in [0.4, 0.5) is 0 Å². The summed E-state index contributed by atoms with van der Waals surface area (Å²) in [5.74, 6) is -0.705. The molecule has 0 aliphatic rings. The van der Waals surface area contributed by atoms with E-state index in [9.17, 15) is 4.79 Å². The van der Waals surface area contributed by atoms with E-state index in [0.717, 1.165) is 51.6 Å². The van der Waals surface area contributed by atoms with Gasteiger partial charge >= 0.3 is 5.97 Å². The molecule has 170 valence electrons. The molecule has 0 fully saturated rings. The van der Waals surface area contributed by atoms with Gasteiger partial charge in [0.15, 0.2) is 0 Å². The first-order chi connectivity index (χ1) is 14.2. The first-order valence-corrected chi connectivity index (χ1v) is 12.4. The molecule has 0 aromatic heterocycles. The van der Waals surface area contributed by atoms with Crippen molar-refractivity contribution in [2.45, 2.75) is 117 Å². The molecule has 1 N–H and O–H groups in total. The van der Waals surface area contributed by atoms with Crippen LogP contribution in [0.3, 0.4) is 0 Å². The standard InChI is InChI=1S/C26H49NO2/c1-3-5-7-9-11-13-15-17-19-21-23-27(25-26(28)29)24-22-20-18-16-14-12-10-8-6-4-2/h13-16H,3-12,17-25H2,1-2H3,(H,28,29)/b15-13+,16-14+. The Morgan fingerprint density at radius 1 is 0.621 bits per heavy atom. The van der Waals surface area contributed by atoms with Gasteiger partial charge in [0.1, 0.15) is 0 Å². The van der Waals surface area contributed by atoms with E-state index >= 15 is 0 Å². The molecule has 3 heteroatoms. The van der Waals surface area contributed by atoms with Crippen molar-refractivity contribution in [3.8, 4) is 0 Å². The van der Waals surface area contributed by atoms with E-state index in [1.807, 2.05) is 0 Å². The van der Waals surface area contributed by atoms with Gasteiger partial charge in [0.25, 0.3) is 0 Å². The number of aliphatic carboxylic acids is 1. The van der Waals surface area contributed by atoms with Crippen LogP contribution in [-0.4, -0.2) is 35.6 Å². The van der Waals surface area contributed by atoms with Crippen LogP contribution in [0, 0.1) is 0 Å². The van der Waals surface area contributed by atoms with Crippen molar-refractivity contribution in [1.29, 1.82) is 0 Å². The van der Waals surface area contributed by atoms with Gasteiger partial charge in [-0.3, -0.25) is 9.69 Å². The lowest BCUT2D eigenvalue weighted by molar-refractivity contribution is -0.138. The highest BCUT2D eigenvalue weighted by Gasteiger charge is 2.08. The number of allylic oxidation sites excluding steroid dienone is 4. The number of carbonyl (C=O) groups is 1. The lowest BCUT2D eigenvalue weighted by Crippen LogP contribution is -2.31. The smallest absolute Gasteiger partial charge is 0.317 e. The monoisotopic (exact) mass is 407 g/mol. The second-order valence-electron chi connectivity index (χ2n) is 8.30. The number of carboxylic acid groups (broad SMARTS) is 1. The first-order valence-electron chi connectivity index (χ1n) is 12.4. The summed E-state index contributed by atoms with van der Waals surface area (Å²) >= 11 is 0. The number of nitrogens with zero attached hydrogens (tertiary/aromatic N) is 1. The molecule has 0 amide bonds. The number of carboxylic acids is 1. The summed E-state index contributed by atoms with van der Waals surface area (Å²) in [4.78, 5) is 13.2. The largest absolute Gasteiger partial charge is 0.480 e. The Morgan fingerprint density at radius 3 is 1.34 bits per heavy atom. The molecular weight excluding hydrogens is 358 g/mol. The molecule has 0 heterocycles. The zero-order valence-electron chi connectivity index (χ0n) is 19.5. The molecule has 0 radical (unpaired) electrons. The van der Waals surface area contributed by atoms with Crippen LogP contribution < -0.4 is 0 Å². The third-order valence-electron chi connectivity index (χ3n) is 5.33. The van der Waals surface area contributed by atoms with E-state index < -0.39 is 5.97 Å². The zero-order valence-corrected chi connectivity index (χ0v) is 19.5. The molecule has 3 nitrogen and oxygen atoms in total. The Kier molecular flexibility index (Phi) is 22.3. The Hall–Kier alpha value is -1.09. The zero-order chi connectivity index (χ0) is 21.4. The van der Waals surface area contributed by atoms with Crippen LogP contribution in [0.25, 0.3) is 0 Å². The first kappa shape index (κ1) is 27.9. The normalized spacial score (nSPS) is 12.0. The summed E-state index contributed by atoms with van der Waals surface area (Å²) < 4.78 is 0. The maximum atomic E-state index is 11.1. The minimum absolute atomic E-state index is 0.181. The van der Waals surface area contributed by atoms with Crippen molar-refractivity contribution < 1.29 is 9.90 Å². The summed E-state index contributed by atoms with van der Waals surface area (Å²) in [7, 11) is 0. The van der Waals surface area contributed by atoms with Crippen molar-refractivity contribution in [2.24, 2.45) is 0 Å². The molecule has 0 bridgehead atoms. The van der Waals surface area contributed by atoms with Gasteiger partial charge in [-0.15, -0.1) is 0 Å². The second-order valence-corrected chi connectivity index (χ2v) is 8.30. The van der Waals surface area contributed by atoms with Crippen LogP contribution in [-0.2, 0) is 4.79 Å². The van der Waals surface area contributed by atoms with Gasteiger partial charge in [0, 0.05) is 0 Å².